The van der Waals surface area contributed by atoms with Crippen molar-refractivity contribution in [3.63, 3.8) is 0 Å². The van der Waals surface area contributed by atoms with Crippen LogP contribution in [0, 0.1) is 11.3 Å². The van der Waals surface area contributed by atoms with E-state index in [4.69, 9.17) is 28.5 Å². The zero-order valence-electron chi connectivity index (χ0n) is 19.8. The molecule has 0 aliphatic rings. The zero-order valence-corrected chi connectivity index (χ0v) is 22.9. The van der Waals surface area contributed by atoms with Gasteiger partial charge in [-0.25, -0.2) is 0 Å². The lowest BCUT2D eigenvalue weighted by Gasteiger charge is -2.16. The molecule has 2 aromatic carbocycles. The molecular formula is C28H25Cl2NO2S2. The highest BCUT2D eigenvalue weighted by Gasteiger charge is 2.31. The van der Waals surface area contributed by atoms with E-state index in [1.165, 1.54) is 16.2 Å². The number of nitriles is 1. The third-order valence-corrected chi connectivity index (χ3v) is 8.94. The fourth-order valence-corrected chi connectivity index (χ4v) is 5.47. The van der Waals surface area contributed by atoms with E-state index in [-0.39, 0.29) is 0 Å². The van der Waals surface area contributed by atoms with E-state index in [9.17, 15) is 9.90 Å². The zero-order chi connectivity index (χ0) is 25.8. The topological polar surface area (TPSA) is 61.1 Å². The van der Waals surface area contributed by atoms with Gasteiger partial charge in [-0.3, -0.25) is 4.79 Å². The minimum absolute atomic E-state index is 0.421. The van der Waals surface area contributed by atoms with E-state index >= 15 is 0 Å². The Morgan fingerprint density at radius 2 is 1.14 bits per heavy atom. The van der Waals surface area contributed by atoms with Gasteiger partial charge >= 0.3 is 5.97 Å². The van der Waals surface area contributed by atoms with Crippen molar-refractivity contribution in [1.29, 1.82) is 5.26 Å². The lowest BCUT2D eigenvalue weighted by Crippen LogP contribution is -2.27. The Labute approximate surface area is 224 Å². The van der Waals surface area contributed by atoms with Gasteiger partial charge in [0.05, 0.1) is 16.9 Å². The average molecular weight is 543 g/mol. The van der Waals surface area contributed by atoms with Gasteiger partial charge in [0.1, 0.15) is 0 Å². The van der Waals surface area contributed by atoms with Gasteiger partial charge in [0.15, 0.2) is 0 Å². The Hall–Kier alpha value is -2.62. The van der Waals surface area contributed by atoms with Gasteiger partial charge in [-0.1, -0.05) is 47.5 Å². The van der Waals surface area contributed by atoms with E-state index in [0.29, 0.717) is 5.02 Å². The third kappa shape index (κ3) is 6.54. The van der Waals surface area contributed by atoms with Crippen molar-refractivity contribution in [2.75, 3.05) is 0 Å². The van der Waals surface area contributed by atoms with Crippen LogP contribution < -0.4 is 0 Å². The molecule has 0 saturated heterocycles. The molecule has 0 bridgehead atoms. The first-order valence-electron chi connectivity index (χ1n) is 10.8. The number of thiophene rings is 2. The van der Waals surface area contributed by atoms with Crippen molar-refractivity contribution in [2.45, 2.75) is 38.5 Å². The number of benzene rings is 2. The molecule has 1 N–H and O–H groups in total. The average Bonchev–Trinajstić information content (AvgIpc) is 3.52. The first kappa shape index (κ1) is 27.0. The molecule has 0 aliphatic carbocycles. The summed E-state index contributed by atoms with van der Waals surface area (Å²) in [5.41, 5.74) is 0.918. The monoisotopic (exact) mass is 541 g/mol. The first-order chi connectivity index (χ1) is 16.4. The highest BCUT2D eigenvalue weighted by Crippen LogP contribution is 2.36. The Morgan fingerprint density at radius 3 is 1.54 bits per heavy atom. The largest absolute Gasteiger partial charge is 0.481 e. The molecule has 2 heterocycles. The standard InChI is InChI=1S/C14H12ClNS.C14H13ClO2S/c1-14(2,9-16)13-8-7-12(17-13)10-3-5-11(15)6-4-10;1-14(2,13(16)17)12-8-7-11(18-12)9-3-5-10(15)6-4-9/h3-8H,1-2H3;3-8H,1-2H3,(H,16,17). The minimum atomic E-state index is -0.852. The summed E-state index contributed by atoms with van der Waals surface area (Å²) in [4.78, 5) is 15.4. The Kier molecular flexibility index (Phi) is 8.46. The molecule has 0 atom stereocenters. The van der Waals surface area contributed by atoms with Gasteiger partial charge < -0.3 is 5.11 Å². The van der Waals surface area contributed by atoms with Gasteiger partial charge in [-0.05, 0) is 87.4 Å². The number of hydrogen-bond acceptors (Lipinski definition) is 4. The SMILES string of the molecule is CC(C)(C#N)c1ccc(-c2ccc(Cl)cc2)s1.CC(C)(C(=O)O)c1ccc(-c2ccc(Cl)cc2)s1. The number of carbonyl (C=O) groups is 1. The van der Waals surface area contributed by atoms with Crippen molar-refractivity contribution in [2.24, 2.45) is 0 Å². The molecule has 0 aliphatic heterocycles. The summed E-state index contributed by atoms with van der Waals surface area (Å²) in [5.74, 6) is -0.813. The summed E-state index contributed by atoms with van der Waals surface area (Å²) in [6, 6.07) is 25.5. The lowest BCUT2D eigenvalue weighted by molar-refractivity contribution is -0.142. The second kappa shape index (κ2) is 11.0. The number of nitrogens with zero attached hydrogens (tertiary/aromatic N) is 1. The smallest absolute Gasteiger partial charge is 0.314 e. The molecule has 35 heavy (non-hydrogen) atoms. The second-order valence-corrected chi connectivity index (χ2v) is 12.0. The van der Waals surface area contributed by atoms with Crippen LogP contribution in [0.2, 0.25) is 10.0 Å². The molecule has 2 aromatic heterocycles. The van der Waals surface area contributed by atoms with E-state index in [2.05, 4.69) is 12.1 Å². The van der Waals surface area contributed by atoms with E-state index in [1.807, 2.05) is 80.6 Å². The van der Waals surface area contributed by atoms with Crippen LogP contribution in [0.1, 0.15) is 37.4 Å². The Morgan fingerprint density at radius 1 is 0.743 bits per heavy atom. The van der Waals surface area contributed by atoms with E-state index < -0.39 is 16.8 Å². The van der Waals surface area contributed by atoms with Gasteiger partial charge in [0.2, 0.25) is 0 Å². The van der Waals surface area contributed by atoms with Crippen LogP contribution >= 0.6 is 45.9 Å². The van der Waals surface area contributed by atoms with Gasteiger partial charge in [0, 0.05) is 29.6 Å². The van der Waals surface area contributed by atoms with Crippen LogP contribution in [0.4, 0.5) is 0 Å². The number of hydrogen-bond donors (Lipinski definition) is 1. The summed E-state index contributed by atoms with van der Waals surface area (Å²) < 4.78 is 0. The number of rotatable bonds is 5. The van der Waals surface area contributed by atoms with Crippen LogP contribution in [0.25, 0.3) is 20.9 Å². The predicted octanol–water partition coefficient (Wildman–Crippen LogP) is 9.30. The summed E-state index contributed by atoms with van der Waals surface area (Å²) in [6.45, 7) is 7.30. The quantitative estimate of drug-likeness (QED) is 0.273. The normalized spacial score (nSPS) is 11.3. The van der Waals surface area contributed by atoms with Crippen LogP contribution in [0.15, 0.2) is 72.8 Å². The predicted molar refractivity (Wildman–Crippen MR) is 149 cm³/mol. The maximum atomic E-state index is 11.2. The second-order valence-electron chi connectivity index (χ2n) is 9.01. The Bertz CT molecular complexity index is 1340. The molecule has 7 heteroatoms. The van der Waals surface area contributed by atoms with Gasteiger partial charge in [-0.15, -0.1) is 22.7 Å². The fourth-order valence-electron chi connectivity index (χ4n) is 3.05. The highest BCUT2D eigenvalue weighted by molar-refractivity contribution is 7.16. The summed E-state index contributed by atoms with van der Waals surface area (Å²) in [7, 11) is 0. The van der Waals surface area contributed by atoms with Gasteiger partial charge in [-0.2, -0.15) is 5.26 Å². The molecule has 3 nitrogen and oxygen atoms in total. The van der Waals surface area contributed by atoms with Crippen molar-refractivity contribution in [3.8, 4) is 27.0 Å². The molecule has 0 saturated carbocycles. The first-order valence-corrected chi connectivity index (χ1v) is 13.2. The van der Waals surface area contributed by atoms with Crippen LogP contribution in [-0.2, 0) is 15.6 Å². The van der Waals surface area contributed by atoms with Gasteiger partial charge in [0.25, 0.3) is 0 Å². The van der Waals surface area contributed by atoms with Crippen molar-refractivity contribution < 1.29 is 9.90 Å². The summed E-state index contributed by atoms with van der Waals surface area (Å²) in [6.07, 6.45) is 0. The molecule has 0 amide bonds. The number of aliphatic carboxylic acids is 1. The lowest BCUT2D eigenvalue weighted by atomic mass is 9.92. The van der Waals surface area contributed by atoms with Crippen LogP contribution in [0.3, 0.4) is 0 Å². The minimum Gasteiger partial charge on any atom is -0.481 e. The highest BCUT2D eigenvalue weighted by atomic mass is 35.5. The molecule has 4 aromatic rings. The van der Waals surface area contributed by atoms with Crippen molar-refractivity contribution >= 4 is 51.8 Å². The van der Waals surface area contributed by atoms with E-state index in [0.717, 1.165) is 30.8 Å². The number of halogens is 2. The third-order valence-electron chi connectivity index (χ3n) is 5.52. The summed E-state index contributed by atoms with van der Waals surface area (Å²) >= 11 is 14.9. The van der Waals surface area contributed by atoms with E-state index in [1.54, 1.807) is 25.2 Å². The molecule has 0 unspecified atom stereocenters. The molecule has 0 spiro atoms. The molecule has 4 rings (SSSR count). The summed E-state index contributed by atoms with van der Waals surface area (Å²) in [5, 5.41) is 19.7. The number of carboxylic acids is 1. The maximum absolute atomic E-state index is 11.2. The maximum Gasteiger partial charge on any atom is 0.314 e. The Balaban J connectivity index is 0.000000196. The van der Waals surface area contributed by atoms with Crippen molar-refractivity contribution in [3.05, 3.63) is 92.6 Å². The number of carboxylic acid groups (broad SMARTS) is 1. The van der Waals surface area contributed by atoms with Crippen molar-refractivity contribution in [1.82, 2.24) is 0 Å². The molecule has 0 radical (unpaired) electrons. The van der Waals surface area contributed by atoms with Crippen LogP contribution in [-0.4, -0.2) is 11.1 Å². The van der Waals surface area contributed by atoms with Crippen LogP contribution in [0.5, 0.6) is 0 Å². The molecule has 180 valence electrons. The molecular weight excluding hydrogens is 517 g/mol. The molecule has 0 fully saturated rings. The fraction of sp³-hybridized carbons (Fsp3) is 0.214.